The topological polar surface area (TPSA) is 107 Å². The van der Waals surface area contributed by atoms with Crippen LogP contribution in [0.15, 0.2) is 47.1 Å². The molecule has 2 unspecified atom stereocenters. The summed E-state index contributed by atoms with van der Waals surface area (Å²) < 4.78 is 6.01. The Morgan fingerprint density at radius 2 is 2.14 bits per heavy atom. The van der Waals surface area contributed by atoms with Crippen LogP contribution in [-0.4, -0.2) is 41.2 Å². The van der Waals surface area contributed by atoms with E-state index in [1.54, 1.807) is 13.3 Å². The Bertz CT molecular complexity index is 926. The highest BCUT2D eigenvalue weighted by Gasteiger charge is 2.51. The van der Waals surface area contributed by atoms with Crippen molar-refractivity contribution in [3.63, 3.8) is 0 Å². The minimum atomic E-state index is -0.434. The zero-order valence-corrected chi connectivity index (χ0v) is 17.1. The molecule has 2 atom stereocenters. The Labute approximate surface area is 174 Å². The SMILES string of the molecule is COC1(c2ccccn2)CC2CCC(C1)N2C(=O)c1csc(C(C=NN)=CN)c1. The van der Waals surface area contributed by atoms with E-state index < -0.39 is 5.60 Å². The van der Waals surface area contributed by atoms with E-state index in [0.29, 0.717) is 11.1 Å². The van der Waals surface area contributed by atoms with Crippen molar-refractivity contribution < 1.29 is 9.53 Å². The summed E-state index contributed by atoms with van der Waals surface area (Å²) >= 11 is 1.46. The van der Waals surface area contributed by atoms with Gasteiger partial charge in [-0.15, -0.1) is 11.3 Å². The Balaban J connectivity index is 1.58. The van der Waals surface area contributed by atoms with Gasteiger partial charge in [0.2, 0.25) is 0 Å². The number of rotatable bonds is 5. The van der Waals surface area contributed by atoms with Crippen LogP contribution in [-0.2, 0) is 10.3 Å². The molecule has 2 fully saturated rings. The van der Waals surface area contributed by atoms with E-state index in [1.165, 1.54) is 23.8 Å². The lowest BCUT2D eigenvalue weighted by atomic mass is 9.82. The summed E-state index contributed by atoms with van der Waals surface area (Å²) in [5.41, 5.74) is 7.55. The normalized spacial score (nSPS) is 26.9. The molecule has 0 aromatic carbocycles. The van der Waals surface area contributed by atoms with Crippen LogP contribution < -0.4 is 11.6 Å². The molecule has 152 valence electrons. The lowest BCUT2D eigenvalue weighted by molar-refractivity contribution is -0.0814. The number of hydrogen-bond donors (Lipinski definition) is 2. The molecule has 0 aliphatic carbocycles. The standard InChI is InChI=1S/C21H25N5O2S/c1-28-21(19-4-2-3-7-24-19)9-16-5-6-17(10-21)26(16)20(27)14-8-18(29-13-14)15(11-22)12-25-23/h2-4,7-8,11-13,16-17H,5-6,9-10,22-23H2,1H3. The summed E-state index contributed by atoms with van der Waals surface area (Å²) in [6.07, 6.45) is 8.22. The molecule has 8 heteroatoms. The number of amides is 1. The second-order valence-corrected chi connectivity index (χ2v) is 8.43. The number of allylic oxidation sites excluding steroid dienone is 1. The van der Waals surface area contributed by atoms with Gasteiger partial charge in [-0.1, -0.05) is 6.07 Å². The van der Waals surface area contributed by atoms with Gasteiger partial charge in [-0.05, 0) is 31.0 Å². The highest BCUT2D eigenvalue weighted by Crippen LogP contribution is 2.47. The number of nitrogens with zero attached hydrogens (tertiary/aromatic N) is 3. The van der Waals surface area contributed by atoms with Crippen molar-refractivity contribution in [1.82, 2.24) is 9.88 Å². The van der Waals surface area contributed by atoms with Crippen LogP contribution in [0.25, 0.3) is 5.57 Å². The zero-order chi connectivity index (χ0) is 20.4. The van der Waals surface area contributed by atoms with Crippen molar-refractivity contribution in [2.24, 2.45) is 16.7 Å². The predicted molar refractivity (Wildman–Crippen MR) is 114 cm³/mol. The maximum Gasteiger partial charge on any atom is 0.255 e. The number of methoxy groups -OCH3 is 1. The molecule has 1 amide bonds. The number of carbonyl (C=O) groups is 1. The van der Waals surface area contributed by atoms with E-state index in [4.69, 9.17) is 16.3 Å². The molecule has 2 aromatic heterocycles. The van der Waals surface area contributed by atoms with Crippen molar-refractivity contribution >= 4 is 29.0 Å². The molecule has 0 saturated carbocycles. The number of aromatic nitrogens is 1. The van der Waals surface area contributed by atoms with Gasteiger partial charge in [0, 0.05) is 60.3 Å². The van der Waals surface area contributed by atoms with Crippen LogP contribution in [0.5, 0.6) is 0 Å². The molecular weight excluding hydrogens is 386 g/mol. The summed E-state index contributed by atoms with van der Waals surface area (Å²) in [6, 6.07) is 8.06. The van der Waals surface area contributed by atoms with Crippen LogP contribution in [0.4, 0.5) is 0 Å². The first-order valence-corrected chi connectivity index (χ1v) is 10.5. The number of ether oxygens (including phenoxy) is 1. The third-order valence-corrected chi connectivity index (χ3v) is 7.01. The van der Waals surface area contributed by atoms with Gasteiger partial charge in [0.15, 0.2) is 0 Å². The first-order chi connectivity index (χ1) is 14.1. The fourth-order valence-corrected chi connectivity index (χ4v) is 5.54. The van der Waals surface area contributed by atoms with E-state index in [0.717, 1.165) is 36.3 Å². The number of hydrazone groups is 1. The van der Waals surface area contributed by atoms with Crippen LogP contribution >= 0.6 is 11.3 Å². The monoisotopic (exact) mass is 411 g/mol. The number of thiophene rings is 1. The van der Waals surface area contributed by atoms with Crippen LogP contribution in [0.3, 0.4) is 0 Å². The number of hydrogen-bond acceptors (Lipinski definition) is 7. The number of carbonyl (C=O) groups excluding carboxylic acids is 1. The molecular formula is C21H25N5O2S. The van der Waals surface area contributed by atoms with Crippen LogP contribution in [0.1, 0.15) is 46.6 Å². The molecule has 2 aliphatic rings. The minimum absolute atomic E-state index is 0.0618. The van der Waals surface area contributed by atoms with Crippen molar-refractivity contribution in [1.29, 1.82) is 0 Å². The molecule has 0 radical (unpaired) electrons. The molecule has 4 N–H and O–H groups in total. The zero-order valence-electron chi connectivity index (χ0n) is 16.3. The van der Waals surface area contributed by atoms with Crippen molar-refractivity contribution in [3.05, 3.63) is 58.2 Å². The van der Waals surface area contributed by atoms with Crippen molar-refractivity contribution in [2.45, 2.75) is 43.4 Å². The summed E-state index contributed by atoms with van der Waals surface area (Å²) in [6.45, 7) is 0. The van der Waals surface area contributed by atoms with Gasteiger partial charge >= 0.3 is 0 Å². The van der Waals surface area contributed by atoms with Crippen LogP contribution in [0, 0.1) is 0 Å². The lowest BCUT2D eigenvalue weighted by Gasteiger charge is -2.45. The largest absolute Gasteiger partial charge is 0.404 e. The predicted octanol–water partition coefficient (Wildman–Crippen LogP) is 2.70. The van der Waals surface area contributed by atoms with E-state index >= 15 is 0 Å². The first-order valence-electron chi connectivity index (χ1n) is 9.65. The molecule has 2 bridgehead atoms. The molecule has 2 saturated heterocycles. The minimum Gasteiger partial charge on any atom is -0.404 e. The maximum absolute atomic E-state index is 13.3. The second kappa shape index (κ2) is 7.96. The molecule has 4 rings (SSSR count). The average Bonchev–Trinajstić information content (AvgIpc) is 3.35. The lowest BCUT2D eigenvalue weighted by Crippen LogP contribution is -2.52. The number of nitrogens with two attached hydrogens (primary N) is 2. The van der Waals surface area contributed by atoms with E-state index in [-0.39, 0.29) is 18.0 Å². The molecule has 0 spiro atoms. The highest BCUT2D eigenvalue weighted by molar-refractivity contribution is 7.11. The van der Waals surface area contributed by atoms with Gasteiger partial charge in [-0.2, -0.15) is 5.10 Å². The van der Waals surface area contributed by atoms with E-state index in [2.05, 4.69) is 15.0 Å². The van der Waals surface area contributed by atoms with Gasteiger partial charge in [-0.3, -0.25) is 9.78 Å². The van der Waals surface area contributed by atoms with E-state index in [1.807, 2.05) is 29.6 Å². The fraction of sp³-hybridized carbons (Fsp3) is 0.381. The summed E-state index contributed by atoms with van der Waals surface area (Å²) in [5.74, 6) is 5.30. The van der Waals surface area contributed by atoms with Gasteiger partial charge in [0.1, 0.15) is 5.60 Å². The average molecular weight is 412 g/mol. The summed E-state index contributed by atoms with van der Waals surface area (Å²) in [7, 11) is 1.75. The molecule has 4 heterocycles. The van der Waals surface area contributed by atoms with Gasteiger partial charge in [-0.25, -0.2) is 0 Å². The first kappa shape index (κ1) is 19.6. The molecule has 2 aromatic rings. The maximum atomic E-state index is 13.3. The third-order valence-electron chi connectivity index (χ3n) is 6.03. The molecule has 2 aliphatic heterocycles. The Morgan fingerprint density at radius 1 is 1.38 bits per heavy atom. The number of pyridine rings is 1. The van der Waals surface area contributed by atoms with Crippen LogP contribution in [0.2, 0.25) is 0 Å². The highest BCUT2D eigenvalue weighted by atomic mass is 32.1. The molecule has 7 nitrogen and oxygen atoms in total. The number of fused-ring (bicyclic) bond motifs is 2. The quantitative estimate of drug-likeness (QED) is 0.447. The molecule has 29 heavy (non-hydrogen) atoms. The van der Waals surface area contributed by atoms with Gasteiger partial charge in [0.05, 0.1) is 17.5 Å². The summed E-state index contributed by atoms with van der Waals surface area (Å²) in [4.78, 5) is 20.8. The van der Waals surface area contributed by atoms with Crippen molar-refractivity contribution in [2.75, 3.05) is 7.11 Å². The van der Waals surface area contributed by atoms with Gasteiger partial charge < -0.3 is 21.2 Å². The number of piperidine rings is 1. The third kappa shape index (κ3) is 3.42. The van der Waals surface area contributed by atoms with Crippen molar-refractivity contribution in [3.8, 4) is 0 Å². The Hall–Kier alpha value is -2.71. The second-order valence-electron chi connectivity index (χ2n) is 7.52. The smallest absolute Gasteiger partial charge is 0.255 e. The summed E-state index contributed by atoms with van der Waals surface area (Å²) in [5, 5.41) is 5.41. The van der Waals surface area contributed by atoms with Gasteiger partial charge in [0.25, 0.3) is 5.91 Å². The Morgan fingerprint density at radius 3 is 2.72 bits per heavy atom. The van der Waals surface area contributed by atoms with E-state index in [9.17, 15) is 4.79 Å². The fourth-order valence-electron chi connectivity index (χ4n) is 4.67. The Kier molecular flexibility index (Phi) is 5.38.